The van der Waals surface area contributed by atoms with Gasteiger partial charge < -0.3 is 15.8 Å². The molecule has 17 heavy (non-hydrogen) atoms. The van der Waals surface area contributed by atoms with E-state index in [2.05, 4.69) is 10.3 Å². The average Bonchev–Trinajstić information content (AvgIpc) is 2.86. The Hall–Kier alpha value is -0.980. The van der Waals surface area contributed by atoms with Gasteiger partial charge in [-0.2, -0.15) is 0 Å². The number of hydrogen-bond acceptors (Lipinski definition) is 5. The Morgan fingerprint density at radius 3 is 3.06 bits per heavy atom. The zero-order valence-electron chi connectivity index (χ0n) is 10.0. The van der Waals surface area contributed by atoms with Crippen LogP contribution in [-0.2, 0) is 4.74 Å². The zero-order chi connectivity index (χ0) is 12.5. The van der Waals surface area contributed by atoms with Crippen molar-refractivity contribution >= 4 is 17.2 Å². The molecule has 94 valence electrons. The molecule has 0 saturated carbocycles. The fourth-order valence-electron chi connectivity index (χ4n) is 1.70. The van der Waals surface area contributed by atoms with Gasteiger partial charge in [-0.3, -0.25) is 4.79 Å². The number of nitrogens with zero attached hydrogens (tertiary/aromatic N) is 1. The summed E-state index contributed by atoms with van der Waals surface area (Å²) in [7, 11) is 0. The van der Waals surface area contributed by atoms with Crippen molar-refractivity contribution in [1.82, 2.24) is 10.3 Å². The van der Waals surface area contributed by atoms with Gasteiger partial charge in [0.1, 0.15) is 10.7 Å². The molecule has 1 fully saturated rings. The lowest BCUT2D eigenvalue weighted by Crippen LogP contribution is -2.46. The van der Waals surface area contributed by atoms with Crippen LogP contribution < -0.4 is 11.1 Å². The molecule has 1 aliphatic rings. The Morgan fingerprint density at radius 2 is 2.53 bits per heavy atom. The number of nitrogens with two attached hydrogens (primary N) is 1. The van der Waals surface area contributed by atoms with E-state index >= 15 is 0 Å². The maximum Gasteiger partial charge on any atom is 0.271 e. The van der Waals surface area contributed by atoms with Gasteiger partial charge in [-0.05, 0) is 20.3 Å². The Morgan fingerprint density at radius 1 is 1.76 bits per heavy atom. The summed E-state index contributed by atoms with van der Waals surface area (Å²) in [5, 5.41) is 5.49. The molecule has 3 N–H and O–H groups in total. The number of ether oxygens (including phenoxy) is 1. The van der Waals surface area contributed by atoms with Crippen molar-refractivity contribution in [3.05, 3.63) is 16.1 Å². The lowest BCUT2D eigenvalue weighted by Gasteiger charge is -2.22. The summed E-state index contributed by atoms with van der Waals surface area (Å²) in [6.07, 6.45) is 0.836. The maximum atomic E-state index is 12.0. The van der Waals surface area contributed by atoms with Gasteiger partial charge in [-0.1, -0.05) is 0 Å². The van der Waals surface area contributed by atoms with Crippen molar-refractivity contribution in [1.29, 1.82) is 0 Å². The second kappa shape index (κ2) is 4.72. The van der Waals surface area contributed by atoms with E-state index in [9.17, 15) is 4.79 Å². The van der Waals surface area contributed by atoms with Crippen LogP contribution in [0, 0.1) is 0 Å². The zero-order valence-corrected chi connectivity index (χ0v) is 10.8. The Labute approximate surface area is 104 Å². The summed E-state index contributed by atoms with van der Waals surface area (Å²) in [6.45, 7) is 5.09. The summed E-state index contributed by atoms with van der Waals surface area (Å²) < 4.78 is 5.29. The van der Waals surface area contributed by atoms with Crippen LogP contribution in [0.25, 0.3) is 0 Å². The number of thiazole rings is 1. The molecule has 1 amide bonds. The molecular weight excluding hydrogens is 238 g/mol. The summed E-state index contributed by atoms with van der Waals surface area (Å²) >= 11 is 1.41. The standard InChI is InChI=1S/C11H17N3O2S/c1-7(12)10-13-8(5-17-10)9(15)14-11(2)3-4-16-6-11/h5,7H,3-4,6,12H2,1-2H3,(H,14,15). The second-order valence-corrected chi connectivity index (χ2v) is 5.57. The van der Waals surface area contributed by atoms with Gasteiger partial charge in [0, 0.05) is 12.0 Å². The van der Waals surface area contributed by atoms with Crippen molar-refractivity contribution in [2.45, 2.75) is 31.8 Å². The van der Waals surface area contributed by atoms with E-state index in [0.29, 0.717) is 18.9 Å². The SMILES string of the molecule is CC(N)c1nc(C(=O)NC2(C)CCOC2)cs1. The first kappa shape index (κ1) is 12.5. The summed E-state index contributed by atoms with van der Waals surface area (Å²) in [5.41, 5.74) is 5.88. The minimum absolute atomic E-state index is 0.132. The largest absolute Gasteiger partial charge is 0.379 e. The summed E-state index contributed by atoms with van der Waals surface area (Å²) in [4.78, 5) is 16.2. The quantitative estimate of drug-likeness (QED) is 0.847. The van der Waals surface area contributed by atoms with Gasteiger partial charge >= 0.3 is 0 Å². The van der Waals surface area contributed by atoms with Crippen LogP contribution in [0.5, 0.6) is 0 Å². The molecule has 6 heteroatoms. The molecule has 2 heterocycles. The molecule has 5 nitrogen and oxygen atoms in total. The topological polar surface area (TPSA) is 77.2 Å². The van der Waals surface area contributed by atoms with Crippen molar-refractivity contribution in [3.63, 3.8) is 0 Å². The number of nitrogens with one attached hydrogen (secondary N) is 1. The molecular formula is C11H17N3O2S. The lowest BCUT2D eigenvalue weighted by atomic mass is 10.0. The highest BCUT2D eigenvalue weighted by atomic mass is 32.1. The Balaban J connectivity index is 2.04. The molecule has 1 aliphatic heterocycles. The van der Waals surface area contributed by atoms with Crippen LogP contribution in [-0.4, -0.2) is 29.6 Å². The monoisotopic (exact) mass is 255 g/mol. The predicted molar refractivity (Wildman–Crippen MR) is 66.0 cm³/mol. The number of carbonyl (C=O) groups is 1. The lowest BCUT2D eigenvalue weighted by molar-refractivity contribution is 0.0885. The number of rotatable bonds is 3. The van der Waals surface area contributed by atoms with Crippen LogP contribution in [0.2, 0.25) is 0 Å². The van der Waals surface area contributed by atoms with Gasteiger partial charge in [0.15, 0.2) is 0 Å². The Kier molecular flexibility index (Phi) is 3.46. The number of amides is 1. The molecule has 1 aromatic heterocycles. The third kappa shape index (κ3) is 2.83. The van der Waals surface area contributed by atoms with Gasteiger partial charge in [-0.25, -0.2) is 4.98 Å². The first-order chi connectivity index (χ1) is 8.00. The van der Waals surface area contributed by atoms with Crippen LogP contribution in [0.4, 0.5) is 0 Å². The third-order valence-corrected chi connectivity index (χ3v) is 3.82. The first-order valence-corrected chi connectivity index (χ1v) is 6.49. The van der Waals surface area contributed by atoms with Gasteiger partial charge in [0.2, 0.25) is 0 Å². The van der Waals surface area contributed by atoms with E-state index in [-0.39, 0.29) is 17.5 Å². The minimum atomic E-state index is -0.269. The van der Waals surface area contributed by atoms with Crippen molar-refractivity contribution in [2.24, 2.45) is 5.73 Å². The van der Waals surface area contributed by atoms with E-state index in [1.54, 1.807) is 5.38 Å². The second-order valence-electron chi connectivity index (χ2n) is 4.68. The molecule has 0 radical (unpaired) electrons. The van der Waals surface area contributed by atoms with Crippen LogP contribution in [0.3, 0.4) is 0 Å². The highest BCUT2D eigenvalue weighted by molar-refractivity contribution is 7.09. The molecule has 1 aromatic rings. The number of carbonyl (C=O) groups excluding carboxylic acids is 1. The van der Waals surface area contributed by atoms with E-state index < -0.39 is 0 Å². The first-order valence-electron chi connectivity index (χ1n) is 5.61. The number of aromatic nitrogens is 1. The predicted octanol–water partition coefficient (Wildman–Crippen LogP) is 1.07. The average molecular weight is 255 g/mol. The maximum absolute atomic E-state index is 12.0. The summed E-state index contributed by atoms with van der Waals surface area (Å²) in [5.74, 6) is -0.152. The van der Waals surface area contributed by atoms with E-state index in [0.717, 1.165) is 11.4 Å². The fraction of sp³-hybridized carbons (Fsp3) is 0.636. The van der Waals surface area contributed by atoms with Crippen LogP contribution >= 0.6 is 11.3 Å². The van der Waals surface area contributed by atoms with E-state index in [1.807, 2.05) is 13.8 Å². The van der Waals surface area contributed by atoms with Gasteiger partial charge in [-0.15, -0.1) is 11.3 Å². The van der Waals surface area contributed by atoms with E-state index in [1.165, 1.54) is 11.3 Å². The van der Waals surface area contributed by atoms with Crippen LogP contribution in [0.1, 0.15) is 41.8 Å². The molecule has 0 aliphatic carbocycles. The van der Waals surface area contributed by atoms with Crippen molar-refractivity contribution in [2.75, 3.05) is 13.2 Å². The van der Waals surface area contributed by atoms with Crippen LogP contribution in [0.15, 0.2) is 5.38 Å². The molecule has 0 bridgehead atoms. The minimum Gasteiger partial charge on any atom is -0.379 e. The Bertz CT molecular complexity index is 411. The fourth-order valence-corrected chi connectivity index (χ4v) is 2.46. The molecule has 2 unspecified atom stereocenters. The normalized spacial score (nSPS) is 25.8. The molecule has 2 rings (SSSR count). The molecule has 2 atom stereocenters. The molecule has 1 saturated heterocycles. The third-order valence-electron chi connectivity index (χ3n) is 2.78. The smallest absolute Gasteiger partial charge is 0.271 e. The van der Waals surface area contributed by atoms with Gasteiger partial charge in [0.05, 0.1) is 18.2 Å². The van der Waals surface area contributed by atoms with Crippen molar-refractivity contribution < 1.29 is 9.53 Å². The summed E-state index contributed by atoms with van der Waals surface area (Å²) in [6, 6.07) is -0.132. The van der Waals surface area contributed by atoms with E-state index in [4.69, 9.17) is 10.5 Å². The molecule has 0 spiro atoms. The highest BCUT2D eigenvalue weighted by Gasteiger charge is 2.32. The molecule has 0 aromatic carbocycles. The van der Waals surface area contributed by atoms with Crippen molar-refractivity contribution in [3.8, 4) is 0 Å². The highest BCUT2D eigenvalue weighted by Crippen LogP contribution is 2.20. The number of hydrogen-bond donors (Lipinski definition) is 2. The van der Waals surface area contributed by atoms with Gasteiger partial charge in [0.25, 0.3) is 5.91 Å².